The van der Waals surface area contributed by atoms with Gasteiger partial charge in [-0.3, -0.25) is 4.79 Å². The van der Waals surface area contributed by atoms with Crippen LogP contribution in [0.5, 0.6) is 0 Å². The van der Waals surface area contributed by atoms with Crippen molar-refractivity contribution in [2.75, 3.05) is 0 Å². The fraction of sp³-hybridized carbons (Fsp3) is 0.167. The summed E-state index contributed by atoms with van der Waals surface area (Å²) in [6, 6.07) is 18.2. The molecule has 0 aliphatic carbocycles. The third-order valence-corrected chi connectivity index (χ3v) is 4.87. The number of thioether (sulfide) groups is 1. The molecule has 0 saturated carbocycles. The molecule has 0 saturated heterocycles. The molecular formula is C18H16OS. The summed E-state index contributed by atoms with van der Waals surface area (Å²) in [5, 5.41) is 0.167. The third kappa shape index (κ3) is 2.20. The van der Waals surface area contributed by atoms with Crippen molar-refractivity contribution in [1.29, 1.82) is 0 Å². The van der Waals surface area contributed by atoms with E-state index in [-0.39, 0.29) is 9.86 Å². The Labute approximate surface area is 123 Å². The predicted octanol–water partition coefficient (Wildman–Crippen LogP) is 4.89. The van der Waals surface area contributed by atoms with Crippen LogP contribution in [-0.2, 0) is 4.75 Å². The van der Waals surface area contributed by atoms with E-state index in [4.69, 9.17) is 0 Å². The maximum Gasteiger partial charge on any atom is 0.220 e. The Hall–Kier alpha value is -1.80. The molecule has 0 N–H and O–H groups in total. The number of hydrogen-bond donors (Lipinski definition) is 0. The Kier molecular flexibility index (Phi) is 3.27. The molecule has 2 aromatic carbocycles. The monoisotopic (exact) mass is 280 g/mol. The molecule has 1 heterocycles. The van der Waals surface area contributed by atoms with Gasteiger partial charge in [0.1, 0.15) is 0 Å². The van der Waals surface area contributed by atoms with Gasteiger partial charge in [0.05, 0.1) is 4.75 Å². The third-order valence-electron chi connectivity index (χ3n) is 3.71. The highest BCUT2D eigenvalue weighted by molar-refractivity contribution is 8.15. The van der Waals surface area contributed by atoms with Crippen LogP contribution in [0, 0.1) is 0 Å². The van der Waals surface area contributed by atoms with E-state index in [2.05, 4.69) is 38.1 Å². The largest absolute Gasteiger partial charge is 0.282 e. The van der Waals surface area contributed by atoms with Crippen LogP contribution in [0.15, 0.2) is 60.7 Å². The van der Waals surface area contributed by atoms with E-state index < -0.39 is 0 Å². The lowest BCUT2D eigenvalue weighted by Crippen LogP contribution is -2.10. The van der Waals surface area contributed by atoms with Crippen molar-refractivity contribution in [2.24, 2.45) is 0 Å². The molecular weight excluding hydrogens is 264 g/mol. The number of allylic oxidation sites excluding steroid dienone is 1. The van der Waals surface area contributed by atoms with Gasteiger partial charge in [-0.15, -0.1) is 0 Å². The van der Waals surface area contributed by atoms with E-state index in [9.17, 15) is 4.79 Å². The molecule has 1 unspecified atom stereocenters. The highest BCUT2D eigenvalue weighted by Gasteiger charge is 2.38. The molecule has 1 aliphatic rings. The first-order chi connectivity index (χ1) is 9.60. The van der Waals surface area contributed by atoms with Crippen LogP contribution in [0.4, 0.5) is 0 Å². The molecule has 1 atom stereocenters. The average Bonchev–Trinajstić information content (AvgIpc) is 2.72. The Morgan fingerprint density at radius 1 is 1.05 bits per heavy atom. The molecule has 0 radical (unpaired) electrons. The maximum atomic E-state index is 12.1. The minimum absolute atomic E-state index is 0.167. The summed E-state index contributed by atoms with van der Waals surface area (Å²) in [6.07, 6.45) is 2.21. The first-order valence-electron chi connectivity index (χ1n) is 6.68. The van der Waals surface area contributed by atoms with Crippen molar-refractivity contribution < 1.29 is 4.79 Å². The summed E-state index contributed by atoms with van der Waals surface area (Å²) < 4.78 is -0.270. The molecule has 0 bridgehead atoms. The lowest BCUT2D eigenvalue weighted by molar-refractivity contribution is 0.109. The van der Waals surface area contributed by atoms with Crippen molar-refractivity contribution in [3.05, 3.63) is 77.4 Å². The van der Waals surface area contributed by atoms with Gasteiger partial charge in [-0.25, -0.2) is 0 Å². The smallest absolute Gasteiger partial charge is 0.220 e. The van der Waals surface area contributed by atoms with E-state index in [1.54, 1.807) is 0 Å². The molecule has 100 valence electrons. The zero-order valence-electron chi connectivity index (χ0n) is 11.6. The van der Waals surface area contributed by atoms with Crippen LogP contribution in [0.25, 0.3) is 5.57 Å². The zero-order chi connectivity index (χ0) is 14.2. The van der Waals surface area contributed by atoms with Gasteiger partial charge >= 0.3 is 0 Å². The standard InChI is InChI=1S/C18H16OS/c1-13(14-8-4-3-5-9-14)12-18(2)16-11-7-6-10-15(16)17(19)20-18/h3-12H,1-2H3/b13-12+. The molecule has 3 rings (SSSR count). The van der Waals surface area contributed by atoms with Gasteiger partial charge in [0.2, 0.25) is 5.12 Å². The minimum Gasteiger partial charge on any atom is -0.282 e. The van der Waals surface area contributed by atoms with Crippen LogP contribution >= 0.6 is 11.8 Å². The summed E-state index contributed by atoms with van der Waals surface area (Å²) in [6.45, 7) is 4.22. The quantitative estimate of drug-likeness (QED) is 0.779. The molecule has 0 amide bonds. The minimum atomic E-state index is -0.270. The van der Waals surface area contributed by atoms with Gasteiger partial charge in [-0.05, 0) is 30.5 Å². The number of hydrogen-bond acceptors (Lipinski definition) is 2. The van der Waals surface area contributed by atoms with Crippen LogP contribution in [0.2, 0.25) is 0 Å². The summed E-state index contributed by atoms with van der Waals surface area (Å²) in [7, 11) is 0. The summed E-state index contributed by atoms with van der Waals surface area (Å²) >= 11 is 1.40. The number of benzene rings is 2. The Bertz CT molecular complexity index is 688. The van der Waals surface area contributed by atoms with Gasteiger partial charge < -0.3 is 0 Å². The van der Waals surface area contributed by atoms with E-state index in [1.807, 2.05) is 36.4 Å². The van der Waals surface area contributed by atoms with Gasteiger partial charge in [0, 0.05) is 5.56 Å². The molecule has 20 heavy (non-hydrogen) atoms. The van der Waals surface area contributed by atoms with Crippen LogP contribution < -0.4 is 0 Å². The topological polar surface area (TPSA) is 17.1 Å². The Morgan fingerprint density at radius 2 is 1.70 bits per heavy atom. The molecule has 0 aromatic heterocycles. The van der Waals surface area contributed by atoms with Crippen molar-refractivity contribution in [2.45, 2.75) is 18.6 Å². The number of carbonyl (C=O) groups excluding carboxylic acids is 1. The van der Waals surface area contributed by atoms with Crippen LogP contribution in [-0.4, -0.2) is 5.12 Å². The predicted molar refractivity (Wildman–Crippen MR) is 85.8 cm³/mol. The summed E-state index contributed by atoms with van der Waals surface area (Å²) in [5.74, 6) is 0. The molecule has 0 spiro atoms. The number of fused-ring (bicyclic) bond motifs is 1. The number of carbonyl (C=O) groups is 1. The fourth-order valence-corrected chi connectivity index (χ4v) is 3.90. The first kappa shape index (κ1) is 13.2. The van der Waals surface area contributed by atoms with Gasteiger partial charge in [-0.1, -0.05) is 72.4 Å². The number of rotatable bonds is 2. The van der Waals surface area contributed by atoms with E-state index in [0.29, 0.717) is 0 Å². The lowest BCUT2D eigenvalue weighted by atomic mass is 9.92. The van der Waals surface area contributed by atoms with E-state index in [1.165, 1.54) is 22.9 Å². The van der Waals surface area contributed by atoms with E-state index in [0.717, 1.165) is 11.1 Å². The van der Waals surface area contributed by atoms with Gasteiger partial charge in [0.25, 0.3) is 0 Å². The highest BCUT2D eigenvalue weighted by Crippen LogP contribution is 2.48. The second kappa shape index (κ2) is 4.95. The second-order valence-electron chi connectivity index (χ2n) is 5.24. The Balaban J connectivity index is 2.05. The van der Waals surface area contributed by atoms with Crippen molar-refractivity contribution >= 4 is 22.5 Å². The SMILES string of the molecule is C/C(=C\C1(C)SC(=O)c2ccccc21)c1ccccc1. The van der Waals surface area contributed by atoms with Crippen molar-refractivity contribution in [3.8, 4) is 0 Å². The van der Waals surface area contributed by atoms with Crippen molar-refractivity contribution in [1.82, 2.24) is 0 Å². The highest BCUT2D eigenvalue weighted by atomic mass is 32.2. The zero-order valence-corrected chi connectivity index (χ0v) is 12.4. The van der Waals surface area contributed by atoms with Crippen LogP contribution in [0.1, 0.15) is 35.3 Å². The molecule has 0 fully saturated rings. The summed E-state index contributed by atoms with van der Waals surface area (Å²) in [4.78, 5) is 12.1. The maximum absolute atomic E-state index is 12.1. The van der Waals surface area contributed by atoms with Crippen LogP contribution in [0.3, 0.4) is 0 Å². The average molecular weight is 280 g/mol. The summed E-state index contributed by atoms with van der Waals surface area (Å²) in [5.41, 5.74) is 4.36. The fourth-order valence-electron chi connectivity index (χ4n) is 2.70. The lowest BCUT2D eigenvalue weighted by Gasteiger charge is -2.20. The molecule has 2 aromatic rings. The molecule has 1 nitrogen and oxygen atoms in total. The Morgan fingerprint density at radius 3 is 2.45 bits per heavy atom. The van der Waals surface area contributed by atoms with Gasteiger partial charge in [-0.2, -0.15) is 0 Å². The molecule has 1 aliphatic heterocycles. The van der Waals surface area contributed by atoms with Crippen molar-refractivity contribution in [3.63, 3.8) is 0 Å². The normalized spacial score (nSPS) is 21.9. The van der Waals surface area contributed by atoms with Gasteiger partial charge in [0.15, 0.2) is 0 Å². The molecule has 2 heteroatoms. The second-order valence-corrected chi connectivity index (χ2v) is 6.66. The first-order valence-corrected chi connectivity index (χ1v) is 7.49. The van der Waals surface area contributed by atoms with E-state index >= 15 is 0 Å².